The van der Waals surface area contributed by atoms with Gasteiger partial charge in [0.15, 0.2) is 0 Å². The summed E-state index contributed by atoms with van der Waals surface area (Å²) in [4.78, 5) is 38.5. The zero-order chi connectivity index (χ0) is 17.5. The molecule has 1 aromatic heterocycles. The fraction of sp³-hybridized carbons (Fsp3) is 0.278. The second-order valence-corrected chi connectivity index (χ2v) is 5.59. The summed E-state index contributed by atoms with van der Waals surface area (Å²) in [6.45, 7) is 3.52. The third-order valence-corrected chi connectivity index (χ3v) is 3.31. The summed E-state index contributed by atoms with van der Waals surface area (Å²) in [7, 11) is 0. The van der Waals surface area contributed by atoms with E-state index in [4.69, 9.17) is 4.74 Å². The molecule has 0 aliphatic rings. The molecule has 6 heteroatoms. The van der Waals surface area contributed by atoms with Crippen LogP contribution in [0.15, 0.2) is 53.5 Å². The summed E-state index contributed by atoms with van der Waals surface area (Å²) in [5.41, 5.74) is 0.279. The molecule has 1 aromatic carbocycles. The van der Waals surface area contributed by atoms with E-state index >= 15 is 0 Å². The fourth-order valence-corrected chi connectivity index (χ4v) is 2.25. The zero-order valence-corrected chi connectivity index (χ0v) is 13.6. The highest BCUT2D eigenvalue weighted by molar-refractivity contribution is 5.94. The Labute approximate surface area is 139 Å². The fourth-order valence-electron chi connectivity index (χ4n) is 2.25. The highest BCUT2D eigenvalue weighted by Crippen LogP contribution is 2.18. The number of amides is 1. The van der Waals surface area contributed by atoms with Crippen LogP contribution in [0.3, 0.4) is 0 Å². The van der Waals surface area contributed by atoms with E-state index in [1.807, 2.05) is 30.3 Å². The summed E-state index contributed by atoms with van der Waals surface area (Å²) in [6.07, 6.45) is 1.20. The number of ether oxygens (including phenoxy) is 1. The SMILES string of the molecule is CC(C)OC(=O)C[C@H](NC(=O)c1ccc[nH]c1=O)c1ccccc1. The molecule has 6 nitrogen and oxygen atoms in total. The van der Waals surface area contributed by atoms with Gasteiger partial charge in [0.05, 0.1) is 18.6 Å². The van der Waals surface area contributed by atoms with Crippen LogP contribution < -0.4 is 10.9 Å². The largest absolute Gasteiger partial charge is 0.463 e. The van der Waals surface area contributed by atoms with Crippen molar-refractivity contribution in [1.82, 2.24) is 10.3 Å². The van der Waals surface area contributed by atoms with Crippen LogP contribution in [0.2, 0.25) is 0 Å². The van der Waals surface area contributed by atoms with E-state index in [1.54, 1.807) is 19.9 Å². The van der Waals surface area contributed by atoms with Crippen molar-refractivity contribution in [3.63, 3.8) is 0 Å². The standard InChI is InChI=1S/C18H20N2O4/c1-12(2)24-16(21)11-15(13-7-4-3-5-8-13)20-18(23)14-9-6-10-19-17(14)22/h3-10,12,15H,11H2,1-2H3,(H,19,22)(H,20,23)/t15-/m0/s1. The van der Waals surface area contributed by atoms with Gasteiger partial charge in [-0.05, 0) is 31.5 Å². The molecular weight excluding hydrogens is 308 g/mol. The minimum Gasteiger partial charge on any atom is -0.463 e. The molecule has 2 N–H and O–H groups in total. The highest BCUT2D eigenvalue weighted by Gasteiger charge is 2.21. The van der Waals surface area contributed by atoms with E-state index in [0.717, 1.165) is 5.56 Å². The van der Waals surface area contributed by atoms with Crippen LogP contribution in [0.25, 0.3) is 0 Å². The molecule has 1 amide bonds. The number of hydrogen-bond acceptors (Lipinski definition) is 4. The average Bonchev–Trinajstić information content (AvgIpc) is 2.54. The van der Waals surface area contributed by atoms with Crippen molar-refractivity contribution in [3.8, 4) is 0 Å². The van der Waals surface area contributed by atoms with E-state index in [-0.39, 0.29) is 18.1 Å². The zero-order valence-electron chi connectivity index (χ0n) is 13.6. The lowest BCUT2D eigenvalue weighted by molar-refractivity contribution is -0.147. The first kappa shape index (κ1) is 17.5. The molecule has 1 atom stereocenters. The molecule has 1 heterocycles. The van der Waals surface area contributed by atoms with Crippen molar-refractivity contribution in [2.75, 3.05) is 0 Å². The van der Waals surface area contributed by atoms with Gasteiger partial charge in [-0.2, -0.15) is 0 Å². The number of aromatic amines is 1. The monoisotopic (exact) mass is 328 g/mol. The Kier molecular flexibility index (Phi) is 5.89. The Morgan fingerprint density at radius 1 is 1.12 bits per heavy atom. The molecule has 0 radical (unpaired) electrons. The van der Waals surface area contributed by atoms with E-state index in [1.165, 1.54) is 12.3 Å². The van der Waals surface area contributed by atoms with Gasteiger partial charge in [0.2, 0.25) is 0 Å². The van der Waals surface area contributed by atoms with Crippen molar-refractivity contribution in [2.24, 2.45) is 0 Å². The molecular formula is C18H20N2O4. The van der Waals surface area contributed by atoms with Gasteiger partial charge in [-0.25, -0.2) is 0 Å². The molecule has 0 saturated heterocycles. The van der Waals surface area contributed by atoms with Crippen LogP contribution in [0.1, 0.15) is 42.2 Å². The van der Waals surface area contributed by atoms with E-state index < -0.39 is 23.5 Å². The number of rotatable bonds is 6. The first-order valence-electron chi connectivity index (χ1n) is 7.70. The maximum absolute atomic E-state index is 12.4. The van der Waals surface area contributed by atoms with Gasteiger partial charge in [0.25, 0.3) is 11.5 Å². The number of esters is 1. The van der Waals surface area contributed by atoms with Crippen molar-refractivity contribution in [3.05, 3.63) is 70.1 Å². The summed E-state index contributed by atoms with van der Waals surface area (Å²) in [6, 6.07) is 11.5. The van der Waals surface area contributed by atoms with Gasteiger partial charge in [-0.1, -0.05) is 30.3 Å². The normalized spacial score (nSPS) is 11.8. The van der Waals surface area contributed by atoms with Crippen LogP contribution in [0, 0.1) is 0 Å². The molecule has 0 bridgehead atoms. The van der Waals surface area contributed by atoms with Crippen molar-refractivity contribution < 1.29 is 14.3 Å². The van der Waals surface area contributed by atoms with Gasteiger partial charge < -0.3 is 15.0 Å². The van der Waals surface area contributed by atoms with E-state index in [0.29, 0.717) is 0 Å². The molecule has 0 spiro atoms. The maximum atomic E-state index is 12.4. The average molecular weight is 328 g/mol. The molecule has 0 saturated carbocycles. The summed E-state index contributed by atoms with van der Waals surface area (Å²) < 4.78 is 5.16. The molecule has 2 aromatic rings. The molecule has 2 rings (SSSR count). The number of carbonyl (C=O) groups is 2. The highest BCUT2D eigenvalue weighted by atomic mass is 16.5. The predicted molar refractivity (Wildman–Crippen MR) is 89.6 cm³/mol. The quantitative estimate of drug-likeness (QED) is 0.796. The van der Waals surface area contributed by atoms with Gasteiger partial charge in [0.1, 0.15) is 5.56 Å². The Morgan fingerprint density at radius 2 is 1.83 bits per heavy atom. The molecule has 0 unspecified atom stereocenters. The predicted octanol–water partition coefficient (Wildman–Crippen LogP) is 2.19. The molecule has 0 aliphatic heterocycles. The molecule has 0 aliphatic carbocycles. The number of H-pyrrole nitrogens is 1. The van der Waals surface area contributed by atoms with Gasteiger partial charge >= 0.3 is 5.97 Å². The Balaban J connectivity index is 2.20. The third-order valence-electron chi connectivity index (χ3n) is 3.31. The number of nitrogens with one attached hydrogen (secondary N) is 2. The van der Waals surface area contributed by atoms with Crippen molar-refractivity contribution >= 4 is 11.9 Å². The molecule has 24 heavy (non-hydrogen) atoms. The number of aromatic nitrogens is 1. The van der Waals surface area contributed by atoms with Gasteiger partial charge in [-0.15, -0.1) is 0 Å². The van der Waals surface area contributed by atoms with Crippen LogP contribution in [0.4, 0.5) is 0 Å². The van der Waals surface area contributed by atoms with Crippen LogP contribution >= 0.6 is 0 Å². The second kappa shape index (κ2) is 8.10. The summed E-state index contributed by atoms with van der Waals surface area (Å²) >= 11 is 0. The Hall–Kier alpha value is -2.89. The number of benzene rings is 1. The summed E-state index contributed by atoms with van der Waals surface area (Å²) in [5, 5.41) is 2.73. The van der Waals surface area contributed by atoms with Gasteiger partial charge in [-0.3, -0.25) is 14.4 Å². The van der Waals surface area contributed by atoms with Crippen molar-refractivity contribution in [1.29, 1.82) is 0 Å². The Bertz CT molecular complexity index is 753. The van der Waals surface area contributed by atoms with Crippen molar-refractivity contribution in [2.45, 2.75) is 32.4 Å². The summed E-state index contributed by atoms with van der Waals surface area (Å²) in [5.74, 6) is -0.954. The third kappa shape index (κ3) is 4.81. The van der Waals surface area contributed by atoms with Crippen LogP contribution in [-0.4, -0.2) is 23.0 Å². The van der Waals surface area contributed by atoms with Crippen LogP contribution in [-0.2, 0) is 9.53 Å². The number of carbonyl (C=O) groups excluding carboxylic acids is 2. The lowest BCUT2D eigenvalue weighted by Crippen LogP contribution is -2.34. The molecule has 126 valence electrons. The smallest absolute Gasteiger partial charge is 0.308 e. The Morgan fingerprint density at radius 3 is 2.46 bits per heavy atom. The topological polar surface area (TPSA) is 88.3 Å². The van der Waals surface area contributed by atoms with E-state index in [9.17, 15) is 14.4 Å². The lowest BCUT2D eigenvalue weighted by Gasteiger charge is -2.19. The first-order chi connectivity index (χ1) is 11.5. The number of pyridine rings is 1. The number of hydrogen-bond donors (Lipinski definition) is 2. The van der Waals surface area contributed by atoms with E-state index in [2.05, 4.69) is 10.3 Å². The van der Waals surface area contributed by atoms with Gasteiger partial charge in [0, 0.05) is 6.20 Å². The lowest BCUT2D eigenvalue weighted by atomic mass is 10.0. The minimum atomic E-state index is -0.579. The second-order valence-electron chi connectivity index (χ2n) is 5.59. The van der Waals surface area contributed by atoms with Crippen LogP contribution in [0.5, 0.6) is 0 Å². The molecule has 0 fully saturated rings. The minimum absolute atomic E-state index is 0.00402. The maximum Gasteiger partial charge on any atom is 0.308 e. The first-order valence-corrected chi connectivity index (χ1v) is 7.70.